The topological polar surface area (TPSA) is 43.6 Å². The SMILES string of the molecule is Cc1ccncc1Cn1cnnc1CCl. The van der Waals surface area contributed by atoms with Gasteiger partial charge in [-0.2, -0.15) is 0 Å². The molecule has 0 amide bonds. The van der Waals surface area contributed by atoms with E-state index in [4.69, 9.17) is 11.6 Å². The van der Waals surface area contributed by atoms with Gasteiger partial charge in [0.1, 0.15) is 12.2 Å². The summed E-state index contributed by atoms with van der Waals surface area (Å²) in [6.07, 6.45) is 5.32. The Labute approximate surface area is 92.9 Å². The molecule has 0 aliphatic carbocycles. The van der Waals surface area contributed by atoms with Gasteiger partial charge in [-0.25, -0.2) is 0 Å². The molecule has 2 rings (SSSR count). The standard InChI is InChI=1S/C10H11ClN4/c1-8-2-3-12-5-9(8)6-15-7-13-14-10(15)4-11/h2-3,5,7H,4,6H2,1H3. The molecular formula is C10H11ClN4. The van der Waals surface area contributed by atoms with Gasteiger partial charge in [-0.3, -0.25) is 4.98 Å². The van der Waals surface area contributed by atoms with Crippen LogP contribution in [-0.4, -0.2) is 19.7 Å². The summed E-state index contributed by atoms with van der Waals surface area (Å²) in [5, 5.41) is 7.75. The third-order valence-corrected chi connectivity index (χ3v) is 2.54. The lowest BCUT2D eigenvalue weighted by atomic mass is 10.1. The van der Waals surface area contributed by atoms with Crippen molar-refractivity contribution >= 4 is 11.6 Å². The minimum atomic E-state index is 0.374. The first kappa shape index (κ1) is 10.1. The highest BCUT2D eigenvalue weighted by molar-refractivity contribution is 6.16. The average Bonchev–Trinajstić information content (AvgIpc) is 2.69. The van der Waals surface area contributed by atoms with Crippen LogP contribution < -0.4 is 0 Å². The van der Waals surface area contributed by atoms with Gasteiger partial charge in [0.2, 0.25) is 0 Å². The summed E-state index contributed by atoms with van der Waals surface area (Å²) in [4.78, 5) is 4.09. The maximum Gasteiger partial charge on any atom is 0.148 e. The quantitative estimate of drug-likeness (QED) is 0.744. The van der Waals surface area contributed by atoms with Crippen LogP contribution in [0.1, 0.15) is 17.0 Å². The molecule has 0 aliphatic heterocycles. The number of hydrogen-bond donors (Lipinski definition) is 0. The first-order valence-electron chi connectivity index (χ1n) is 4.63. The fourth-order valence-corrected chi connectivity index (χ4v) is 1.57. The second-order valence-corrected chi connectivity index (χ2v) is 3.58. The zero-order valence-electron chi connectivity index (χ0n) is 8.39. The Morgan fingerprint density at radius 1 is 1.47 bits per heavy atom. The van der Waals surface area contributed by atoms with Crippen LogP contribution in [-0.2, 0) is 12.4 Å². The van der Waals surface area contributed by atoms with Gasteiger partial charge >= 0.3 is 0 Å². The average molecular weight is 223 g/mol. The lowest BCUT2D eigenvalue weighted by molar-refractivity contribution is 0.747. The molecule has 0 unspecified atom stereocenters. The van der Waals surface area contributed by atoms with Gasteiger partial charge in [-0.05, 0) is 24.1 Å². The molecule has 78 valence electrons. The molecule has 0 atom stereocenters. The molecule has 0 aromatic carbocycles. The first-order chi connectivity index (χ1) is 7.31. The Kier molecular flexibility index (Phi) is 2.97. The van der Waals surface area contributed by atoms with E-state index in [9.17, 15) is 0 Å². The summed E-state index contributed by atoms with van der Waals surface area (Å²) in [5.41, 5.74) is 2.36. The first-order valence-corrected chi connectivity index (χ1v) is 5.17. The lowest BCUT2D eigenvalue weighted by Crippen LogP contribution is -2.04. The highest BCUT2D eigenvalue weighted by Gasteiger charge is 2.04. The molecule has 2 aromatic rings. The van der Waals surface area contributed by atoms with Crippen molar-refractivity contribution in [2.75, 3.05) is 0 Å². The summed E-state index contributed by atoms with van der Waals surface area (Å²) in [6, 6.07) is 1.99. The molecule has 4 nitrogen and oxygen atoms in total. The molecule has 0 radical (unpaired) electrons. The number of alkyl halides is 1. The smallest absolute Gasteiger partial charge is 0.148 e. The van der Waals surface area contributed by atoms with E-state index in [0.29, 0.717) is 12.4 Å². The van der Waals surface area contributed by atoms with Crippen molar-refractivity contribution < 1.29 is 0 Å². The fraction of sp³-hybridized carbons (Fsp3) is 0.300. The molecule has 2 heterocycles. The van der Waals surface area contributed by atoms with Gasteiger partial charge < -0.3 is 4.57 Å². The summed E-state index contributed by atoms with van der Waals surface area (Å²) in [7, 11) is 0. The number of aryl methyl sites for hydroxylation is 1. The molecule has 0 saturated heterocycles. The normalized spacial score (nSPS) is 10.5. The molecule has 0 N–H and O–H groups in total. The Morgan fingerprint density at radius 3 is 3.07 bits per heavy atom. The van der Waals surface area contributed by atoms with Gasteiger partial charge in [0.25, 0.3) is 0 Å². The van der Waals surface area contributed by atoms with Crippen LogP contribution in [0.25, 0.3) is 0 Å². The third-order valence-electron chi connectivity index (χ3n) is 2.30. The van der Waals surface area contributed by atoms with E-state index < -0.39 is 0 Å². The van der Waals surface area contributed by atoms with Crippen molar-refractivity contribution in [3.05, 3.63) is 41.7 Å². The van der Waals surface area contributed by atoms with Gasteiger partial charge in [0.15, 0.2) is 0 Å². The minimum absolute atomic E-state index is 0.374. The number of aromatic nitrogens is 4. The number of nitrogens with zero attached hydrogens (tertiary/aromatic N) is 4. The van der Waals surface area contributed by atoms with E-state index in [1.807, 2.05) is 16.8 Å². The molecule has 0 bridgehead atoms. The minimum Gasteiger partial charge on any atom is -0.312 e. The lowest BCUT2D eigenvalue weighted by Gasteiger charge is -2.06. The zero-order chi connectivity index (χ0) is 10.7. The number of hydrogen-bond acceptors (Lipinski definition) is 3. The molecule has 0 fully saturated rings. The molecule has 0 aliphatic rings. The molecule has 2 aromatic heterocycles. The summed E-state index contributed by atoms with van der Waals surface area (Å²) in [6.45, 7) is 2.77. The summed E-state index contributed by atoms with van der Waals surface area (Å²) >= 11 is 5.74. The highest BCUT2D eigenvalue weighted by Crippen LogP contribution is 2.09. The summed E-state index contributed by atoms with van der Waals surface area (Å²) < 4.78 is 1.93. The second kappa shape index (κ2) is 4.40. The van der Waals surface area contributed by atoms with E-state index in [1.54, 1.807) is 12.5 Å². The number of rotatable bonds is 3. The van der Waals surface area contributed by atoms with Gasteiger partial charge in [-0.15, -0.1) is 21.8 Å². The van der Waals surface area contributed by atoms with Crippen LogP contribution in [0.4, 0.5) is 0 Å². The van der Waals surface area contributed by atoms with Crippen molar-refractivity contribution in [3.63, 3.8) is 0 Å². The van der Waals surface area contributed by atoms with Crippen LogP contribution >= 0.6 is 11.6 Å². The Hall–Kier alpha value is -1.42. The largest absolute Gasteiger partial charge is 0.312 e. The van der Waals surface area contributed by atoms with E-state index in [-0.39, 0.29) is 0 Å². The Balaban J connectivity index is 2.26. The van der Waals surface area contributed by atoms with Crippen molar-refractivity contribution in [2.45, 2.75) is 19.3 Å². The van der Waals surface area contributed by atoms with Crippen LogP contribution in [0, 0.1) is 6.92 Å². The molecule has 0 saturated carbocycles. The second-order valence-electron chi connectivity index (χ2n) is 3.31. The number of pyridine rings is 1. The fourth-order valence-electron chi connectivity index (χ4n) is 1.36. The molecule has 5 heteroatoms. The van der Waals surface area contributed by atoms with E-state index in [2.05, 4.69) is 22.1 Å². The van der Waals surface area contributed by atoms with E-state index >= 15 is 0 Å². The van der Waals surface area contributed by atoms with E-state index in [1.165, 1.54) is 5.56 Å². The van der Waals surface area contributed by atoms with Crippen LogP contribution in [0.2, 0.25) is 0 Å². The van der Waals surface area contributed by atoms with Gasteiger partial charge in [0.05, 0.1) is 12.4 Å². The van der Waals surface area contributed by atoms with Gasteiger partial charge in [0, 0.05) is 12.4 Å². The monoisotopic (exact) mass is 222 g/mol. The van der Waals surface area contributed by atoms with Crippen molar-refractivity contribution in [1.29, 1.82) is 0 Å². The van der Waals surface area contributed by atoms with Crippen molar-refractivity contribution in [2.24, 2.45) is 0 Å². The third kappa shape index (κ3) is 2.15. The maximum atomic E-state index is 5.74. The zero-order valence-corrected chi connectivity index (χ0v) is 9.15. The van der Waals surface area contributed by atoms with Crippen molar-refractivity contribution in [1.82, 2.24) is 19.7 Å². The molecule has 0 spiro atoms. The molecule has 15 heavy (non-hydrogen) atoms. The van der Waals surface area contributed by atoms with E-state index in [0.717, 1.165) is 11.4 Å². The van der Waals surface area contributed by atoms with Crippen LogP contribution in [0.15, 0.2) is 24.8 Å². The predicted molar refractivity (Wildman–Crippen MR) is 57.7 cm³/mol. The maximum absolute atomic E-state index is 5.74. The van der Waals surface area contributed by atoms with Crippen LogP contribution in [0.5, 0.6) is 0 Å². The van der Waals surface area contributed by atoms with Gasteiger partial charge in [-0.1, -0.05) is 0 Å². The van der Waals surface area contributed by atoms with Crippen LogP contribution in [0.3, 0.4) is 0 Å². The molecular weight excluding hydrogens is 212 g/mol. The summed E-state index contributed by atoms with van der Waals surface area (Å²) in [5.74, 6) is 1.15. The highest BCUT2D eigenvalue weighted by atomic mass is 35.5. The number of halogens is 1. The predicted octanol–water partition coefficient (Wildman–Crippen LogP) is 1.77. The Bertz CT molecular complexity index is 452. The Morgan fingerprint density at radius 2 is 2.33 bits per heavy atom. The van der Waals surface area contributed by atoms with Crippen molar-refractivity contribution in [3.8, 4) is 0 Å².